The van der Waals surface area contributed by atoms with Crippen LogP contribution in [0.3, 0.4) is 0 Å². The first-order valence-electron chi connectivity index (χ1n) is 5.44. The first-order valence-corrected chi connectivity index (χ1v) is 6.20. The van der Waals surface area contributed by atoms with E-state index >= 15 is 0 Å². The van der Waals surface area contributed by atoms with Crippen LogP contribution < -0.4 is 0 Å². The Hall–Kier alpha value is -0.530. The molecule has 1 aromatic carbocycles. The summed E-state index contributed by atoms with van der Waals surface area (Å²) >= 11 is 12.1. The number of carbonyl (C=O) groups excluding carboxylic acids is 1. The highest BCUT2D eigenvalue weighted by Gasteiger charge is 2.34. The Balaban J connectivity index is 2.20. The van der Waals surface area contributed by atoms with E-state index in [4.69, 9.17) is 23.2 Å². The van der Waals surface area contributed by atoms with Gasteiger partial charge in [0.25, 0.3) is 0 Å². The van der Waals surface area contributed by atoms with Gasteiger partial charge in [-0.3, -0.25) is 4.79 Å². The maximum Gasteiger partial charge on any atom is 0.133 e. The standard InChI is InChI=1S/C13H14Cl2O/c1-13(5-4-11(16)8-13)7-9-6-10(14)2-3-12(9)15/h2-3,6H,4-5,7-8H2,1H3. The zero-order chi connectivity index (χ0) is 11.8. The molecule has 1 atom stereocenters. The maximum absolute atomic E-state index is 11.3. The van der Waals surface area contributed by atoms with Crippen molar-refractivity contribution in [1.29, 1.82) is 0 Å². The highest BCUT2D eigenvalue weighted by molar-refractivity contribution is 6.33. The lowest BCUT2D eigenvalue weighted by Crippen LogP contribution is -2.15. The first kappa shape index (κ1) is 11.9. The van der Waals surface area contributed by atoms with Crippen LogP contribution in [-0.2, 0) is 11.2 Å². The van der Waals surface area contributed by atoms with Crippen LogP contribution in [0.15, 0.2) is 18.2 Å². The number of rotatable bonds is 2. The smallest absolute Gasteiger partial charge is 0.133 e. The SMILES string of the molecule is CC1(Cc2cc(Cl)ccc2Cl)CCC(=O)C1. The van der Waals surface area contributed by atoms with Crippen LogP contribution in [0, 0.1) is 5.41 Å². The van der Waals surface area contributed by atoms with Crippen molar-refractivity contribution in [3.8, 4) is 0 Å². The molecule has 1 aliphatic rings. The molecular formula is C13H14Cl2O. The molecule has 1 nitrogen and oxygen atoms in total. The van der Waals surface area contributed by atoms with E-state index in [2.05, 4.69) is 6.92 Å². The van der Waals surface area contributed by atoms with E-state index in [0.29, 0.717) is 23.6 Å². The van der Waals surface area contributed by atoms with Crippen molar-refractivity contribution in [2.45, 2.75) is 32.6 Å². The van der Waals surface area contributed by atoms with E-state index in [-0.39, 0.29) is 5.41 Å². The number of Topliss-reactive ketones (excluding diaryl/α,β-unsaturated/α-hetero) is 1. The fraction of sp³-hybridized carbons (Fsp3) is 0.462. The monoisotopic (exact) mass is 256 g/mol. The predicted molar refractivity (Wildman–Crippen MR) is 67.1 cm³/mol. The number of halogens is 2. The number of hydrogen-bond donors (Lipinski definition) is 0. The second kappa shape index (κ2) is 4.38. The van der Waals surface area contributed by atoms with Gasteiger partial charge < -0.3 is 0 Å². The molecule has 1 fully saturated rings. The fourth-order valence-corrected chi connectivity index (χ4v) is 2.76. The highest BCUT2D eigenvalue weighted by atomic mass is 35.5. The molecule has 1 unspecified atom stereocenters. The van der Waals surface area contributed by atoms with Gasteiger partial charge in [-0.1, -0.05) is 30.1 Å². The van der Waals surface area contributed by atoms with Gasteiger partial charge in [0, 0.05) is 22.9 Å². The van der Waals surface area contributed by atoms with Gasteiger partial charge in [0.2, 0.25) is 0 Å². The van der Waals surface area contributed by atoms with Crippen molar-refractivity contribution in [3.63, 3.8) is 0 Å². The molecule has 0 N–H and O–H groups in total. The van der Waals surface area contributed by atoms with Crippen LogP contribution in [0.4, 0.5) is 0 Å². The zero-order valence-electron chi connectivity index (χ0n) is 9.22. The molecule has 0 radical (unpaired) electrons. The average Bonchev–Trinajstić information content (AvgIpc) is 2.52. The third-order valence-corrected chi connectivity index (χ3v) is 3.86. The third-order valence-electron chi connectivity index (χ3n) is 3.26. The molecule has 16 heavy (non-hydrogen) atoms. The van der Waals surface area contributed by atoms with E-state index in [1.54, 1.807) is 6.07 Å². The molecule has 0 bridgehead atoms. The summed E-state index contributed by atoms with van der Waals surface area (Å²) < 4.78 is 0. The molecule has 86 valence electrons. The van der Waals surface area contributed by atoms with Gasteiger partial charge in [-0.25, -0.2) is 0 Å². The predicted octanol–water partition coefficient (Wildman–Crippen LogP) is 4.30. The molecular weight excluding hydrogens is 243 g/mol. The lowest BCUT2D eigenvalue weighted by Gasteiger charge is -2.23. The molecule has 1 saturated carbocycles. The highest BCUT2D eigenvalue weighted by Crippen LogP contribution is 2.40. The first-order chi connectivity index (χ1) is 7.48. The lowest BCUT2D eigenvalue weighted by molar-refractivity contribution is -0.117. The Bertz CT molecular complexity index is 428. The average molecular weight is 257 g/mol. The van der Waals surface area contributed by atoms with Crippen LogP contribution in [0.5, 0.6) is 0 Å². The summed E-state index contributed by atoms with van der Waals surface area (Å²) in [6.07, 6.45) is 3.15. The van der Waals surface area contributed by atoms with Gasteiger partial charge in [-0.05, 0) is 42.0 Å². The van der Waals surface area contributed by atoms with Crippen molar-refractivity contribution >= 4 is 29.0 Å². The largest absolute Gasteiger partial charge is 0.300 e. The number of carbonyl (C=O) groups is 1. The van der Waals surface area contributed by atoms with E-state index in [9.17, 15) is 4.79 Å². The van der Waals surface area contributed by atoms with Crippen LogP contribution in [0.2, 0.25) is 10.0 Å². The van der Waals surface area contributed by atoms with Gasteiger partial charge in [0.1, 0.15) is 5.78 Å². The summed E-state index contributed by atoms with van der Waals surface area (Å²) in [5.74, 6) is 0.362. The fourth-order valence-electron chi connectivity index (χ4n) is 2.38. The van der Waals surface area contributed by atoms with Gasteiger partial charge in [-0.2, -0.15) is 0 Å². The molecule has 3 heteroatoms. The molecule has 0 heterocycles. The van der Waals surface area contributed by atoms with Gasteiger partial charge in [-0.15, -0.1) is 0 Å². The normalized spacial score (nSPS) is 25.1. The van der Waals surface area contributed by atoms with Crippen LogP contribution in [0.25, 0.3) is 0 Å². The summed E-state index contributed by atoms with van der Waals surface area (Å²) in [5.41, 5.74) is 1.11. The van der Waals surface area contributed by atoms with Crippen molar-refractivity contribution in [2.75, 3.05) is 0 Å². The minimum absolute atomic E-state index is 0.0609. The molecule has 0 amide bonds. The lowest BCUT2D eigenvalue weighted by atomic mass is 9.82. The van der Waals surface area contributed by atoms with Crippen LogP contribution >= 0.6 is 23.2 Å². The molecule has 1 aromatic rings. The summed E-state index contributed by atoms with van der Waals surface area (Å²) in [7, 11) is 0. The Morgan fingerprint density at radius 1 is 1.38 bits per heavy atom. The summed E-state index contributed by atoms with van der Waals surface area (Å²) in [6, 6.07) is 5.51. The molecule has 2 rings (SSSR count). The topological polar surface area (TPSA) is 17.1 Å². The van der Waals surface area contributed by atoms with Crippen molar-refractivity contribution in [1.82, 2.24) is 0 Å². The number of benzene rings is 1. The summed E-state index contributed by atoms with van der Waals surface area (Å²) in [5, 5.41) is 1.44. The Morgan fingerprint density at radius 3 is 2.75 bits per heavy atom. The number of hydrogen-bond acceptors (Lipinski definition) is 1. The molecule has 0 saturated heterocycles. The summed E-state index contributed by atoms with van der Waals surface area (Å²) in [4.78, 5) is 11.3. The van der Waals surface area contributed by atoms with Crippen LogP contribution in [-0.4, -0.2) is 5.78 Å². The van der Waals surface area contributed by atoms with E-state index in [0.717, 1.165) is 23.4 Å². The Morgan fingerprint density at radius 2 is 2.12 bits per heavy atom. The molecule has 1 aliphatic carbocycles. The number of ketones is 1. The minimum atomic E-state index is 0.0609. The Labute approximate surface area is 106 Å². The zero-order valence-corrected chi connectivity index (χ0v) is 10.7. The van der Waals surface area contributed by atoms with Crippen molar-refractivity contribution < 1.29 is 4.79 Å². The maximum atomic E-state index is 11.3. The quantitative estimate of drug-likeness (QED) is 0.772. The van der Waals surface area contributed by atoms with Gasteiger partial charge in [0.05, 0.1) is 0 Å². The van der Waals surface area contributed by atoms with Gasteiger partial charge in [0.15, 0.2) is 0 Å². The van der Waals surface area contributed by atoms with Crippen molar-refractivity contribution in [3.05, 3.63) is 33.8 Å². The summed E-state index contributed by atoms with van der Waals surface area (Å²) in [6.45, 7) is 2.15. The van der Waals surface area contributed by atoms with Gasteiger partial charge >= 0.3 is 0 Å². The molecule has 0 aliphatic heterocycles. The third kappa shape index (κ3) is 2.58. The van der Waals surface area contributed by atoms with E-state index < -0.39 is 0 Å². The van der Waals surface area contributed by atoms with E-state index in [1.807, 2.05) is 12.1 Å². The molecule has 0 spiro atoms. The Kier molecular flexibility index (Phi) is 3.27. The minimum Gasteiger partial charge on any atom is -0.300 e. The van der Waals surface area contributed by atoms with Crippen molar-refractivity contribution in [2.24, 2.45) is 5.41 Å². The van der Waals surface area contributed by atoms with Crippen LogP contribution in [0.1, 0.15) is 31.7 Å². The second-order valence-corrected chi connectivity index (χ2v) is 5.78. The second-order valence-electron chi connectivity index (χ2n) is 4.94. The molecule has 0 aromatic heterocycles. The van der Waals surface area contributed by atoms with E-state index in [1.165, 1.54) is 0 Å².